The number of rotatable bonds is 8. The van der Waals surface area contributed by atoms with Crippen molar-refractivity contribution in [2.45, 2.75) is 26.7 Å². The Hall–Kier alpha value is -3.00. The highest BCUT2D eigenvalue weighted by atomic mass is 16.5. The first-order valence-electron chi connectivity index (χ1n) is 9.27. The molecule has 2 heterocycles. The van der Waals surface area contributed by atoms with Crippen molar-refractivity contribution < 1.29 is 14.3 Å². The number of aromatic nitrogens is 3. The molecule has 0 saturated carbocycles. The highest BCUT2D eigenvalue weighted by molar-refractivity contribution is 5.92. The van der Waals surface area contributed by atoms with Gasteiger partial charge < -0.3 is 15.4 Å². The summed E-state index contributed by atoms with van der Waals surface area (Å²) < 4.78 is 6.70. The average Bonchev–Trinajstić information content (AvgIpc) is 3.05. The van der Waals surface area contributed by atoms with Gasteiger partial charge >= 0.3 is 0 Å². The monoisotopic (exact) mass is 383 g/mol. The first kappa shape index (κ1) is 19.8. The van der Waals surface area contributed by atoms with Crippen molar-refractivity contribution in [1.82, 2.24) is 25.2 Å². The Morgan fingerprint density at radius 1 is 1.14 bits per heavy atom. The number of hydrogen-bond acceptors (Lipinski definition) is 5. The summed E-state index contributed by atoms with van der Waals surface area (Å²) >= 11 is 0. The Morgan fingerprint density at radius 3 is 2.71 bits per heavy atom. The van der Waals surface area contributed by atoms with E-state index in [2.05, 4.69) is 15.7 Å². The molecule has 28 heavy (non-hydrogen) atoms. The average molecular weight is 383 g/mol. The maximum atomic E-state index is 12.1. The number of nitrogens with zero attached hydrogens (tertiary/aromatic N) is 3. The van der Waals surface area contributed by atoms with E-state index >= 15 is 0 Å². The molecular weight excluding hydrogens is 358 g/mol. The fourth-order valence-corrected chi connectivity index (χ4v) is 3.20. The maximum absolute atomic E-state index is 12.1. The third kappa shape index (κ3) is 4.28. The predicted molar refractivity (Wildman–Crippen MR) is 106 cm³/mol. The summed E-state index contributed by atoms with van der Waals surface area (Å²) in [5, 5.41) is 10.9. The lowest BCUT2D eigenvalue weighted by atomic mass is 10.1. The van der Waals surface area contributed by atoms with Gasteiger partial charge in [0.2, 0.25) is 11.8 Å². The van der Waals surface area contributed by atoms with E-state index in [0.717, 1.165) is 33.5 Å². The van der Waals surface area contributed by atoms with Gasteiger partial charge in [0, 0.05) is 36.8 Å². The Kier molecular flexibility index (Phi) is 6.20. The van der Waals surface area contributed by atoms with E-state index < -0.39 is 0 Å². The van der Waals surface area contributed by atoms with Crippen molar-refractivity contribution in [3.63, 3.8) is 0 Å². The standard InChI is InChI=1S/C20H25N5O3/c1-13-15(8-9-18(26)22-12-19(27)21-10-11-28-3)14(2)25-20(23-13)16-6-4-5-7-17(16)24-25/h4-7H,8-12H2,1-3H3,(H,21,27)(H,22,26). The van der Waals surface area contributed by atoms with Crippen LogP contribution in [0, 0.1) is 13.8 Å². The molecule has 0 spiro atoms. The second kappa shape index (κ2) is 8.79. The SMILES string of the molecule is COCCNC(=O)CNC(=O)CCc1c(C)nc2c3ccccc3nn2c1C. The van der Waals surface area contributed by atoms with Crippen LogP contribution in [0.5, 0.6) is 0 Å². The minimum atomic E-state index is -0.232. The van der Waals surface area contributed by atoms with E-state index in [-0.39, 0.29) is 24.8 Å². The maximum Gasteiger partial charge on any atom is 0.239 e. The predicted octanol–water partition coefficient (Wildman–Crippen LogP) is 1.31. The number of ether oxygens (including phenoxy) is 1. The van der Waals surface area contributed by atoms with Gasteiger partial charge in [-0.1, -0.05) is 12.1 Å². The topological polar surface area (TPSA) is 97.6 Å². The molecule has 3 aromatic rings. The minimum absolute atomic E-state index is 0.0393. The number of nitrogens with one attached hydrogen (secondary N) is 2. The fraction of sp³-hybridized carbons (Fsp3) is 0.400. The van der Waals surface area contributed by atoms with Gasteiger partial charge in [0.25, 0.3) is 0 Å². The van der Waals surface area contributed by atoms with Crippen LogP contribution in [-0.2, 0) is 20.7 Å². The quantitative estimate of drug-likeness (QED) is 0.572. The normalized spacial score (nSPS) is 11.1. The molecule has 1 aromatic carbocycles. The molecule has 0 fully saturated rings. The number of carbonyl (C=O) groups excluding carboxylic acids is 2. The summed E-state index contributed by atoms with van der Waals surface area (Å²) in [6.45, 7) is 4.77. The van der Waals surface area contributed by atoms with E-state index in [1.165, 1.54) is 0 Å². The van der Waals surface area contributed by atoms with Crippen LogP contribution in [-0.4, -0.2) is 53.2 Å². The lowest BCUT2D eigenvalue weighted by Crippen LogP contribution is -2.38. The molecule has 0 bridgehead atoms. The second-order valence-electron chi connectivity index (χ2n) is 6.63. The zero-order valence-corrected chi connectivity index (χ0v) is 16.4. The summed E-state index contributed by atoms with van der Waals surface area (Å²) in [5.41, 5.74) is 4.59. The third-order valence-corrected chi connectivity index (χ3v) is 4.69. The number of fused-ring (bicyclic) bond motifs is 3. The van der Waals surface area contributed by atoms with Gasteiger partial charge in [0.05, 0.1) is 18.7 Å². The first-order valence-corrected chi connectivity index (χ1v) is 9.27. The lowest BCUT2D eigenvalue weighted by Gasteiger charge is -2.11. The summed E-state index contributed by atoms with van der Waals surface area (Å²) in [6, 6.07) is 7.89. The Labute approximate surface area is 163 Å². The van der Waals surface area contributed by atoms with E-state index in [9.17, 15) is 9.59 Å². The van der Waals surface area contributed by atoms with Crippen molar-refractivity contribution in [3.05, 3.63) is 41.2 Å². The number of carbonyl (C=O) groups is 2. The molecule has 2 amide bonds. The zero-order chi connectivity index (χ0) is 20.1. The molecule has 0 aliphatic carbocycles. The lowest BCUT2D eigenvalue weighted by molar-refractivity contribution is -0.126. The highest BCUT2D eigenvalue weighted by Crippen LogP contribution is 2.22. The van der Waals surface area contributed by atoms with Crippen molar-refractivity contribution in [1.29, 1.82) is 0 Å². The molecule has 3 rings (SSSR count). The summed E-state index contributed by atoms with van der Waals surface area (Å²) in [5.74, 6) is -0.407. The van der Waals surface area contributed by atoms with Gasteiger partial charge in [-0.25, -0.2) is 9.50 Å². The molecule has 2 N–H and O–H groups in total. The van der Waals surface area contributed by atoms with Crippen LogP contribution in [0.4, 0.5) is 0 Å². The molecule has 0 atom stereocenters. The fourth-order valence-electron chi connectivity index (χ4n) is 3.20. The van der Waals surface area contributed by atoms with Crippen LogP contribution in [0.2, 0.25) is 0 Å². The third-order valence-electron chi connectivity index (χ3n) is 4.69. The van der Waals surface area contributed by atoms with Gasteiger partial charge in [-0.2, -0.15) is 5.10 Å². The van der Waals surface area contributed by atoms with E-state index in [4.69, 9.17) is 9.72 Å². The van der Waals surface area contributed by atoms with Crippen LogP contribution < -0.4 is 10.6 Å². The smallest absolute Gasteiger partial charge is 0.239 e. The number of methoxy groups -OCH3 is 1. The van der Waals surface area contributed by atoms with Crippen LogP contribution in [0.3, 0.4) is 0 Å². The Morgan fingerprint density at radius 2 is 1.93 bits per heavy atom. The number of aryl methyl sites for hydroxylation is 2. The van der Waals surface area contributed by atoms with Crippen LogP contribution >= 0.6 is 0 Å². The van der Waals surface area contributed by atoms with Crippen molar-refractivity contribution in [3.8, 4) is 0 Å². The molecule has 0 saturated heterocycles. The molecule has 8 heteroatoms. The molecule has 2 aromatic heterocycles. The summed E-state index contributed by atoms with van der Waals surface area (Å²) in [7, 11) is 1.57. The number of hydrogen-bond donors (Lipinski definition) is 2. The molecular formula is C20H25N5O3. The highest BCUT2D eigenvalue weighted by Gasteiger charge is 2.15. The molecule has 0 aliphatic rings. The van der Waals surface area contributed by atoms with Gasteiger partial charge in [-0.15, -0.1) is 0 Å². The van der Waals surface area contributed by atoms with E-state index in [0.29, 0.717) is 19.6 Å². The van der Waals surface area contributed by atoms with Gasteiger partial charge in [0.15, 0.2) is 5.65 Å². The van der Waals surface area contributed by atoms with Crippen molar-refractivity contribution in [2.24, 2.45) is 0 Å². The molecule has 148 valence electrons. The van der Waals surface area contributed by atoms with Crippen molar-refractivity contribution in [2.75, 3.05) is 26.8 Å². The summed E-state index contributed by atoms with van der Waals surface area (Å²) in [4.78, 5) is 28.5. The second-order valence-corrected chi connectivity index (χ2v) is 6.63. The Bertz CT molecular complexity index is 1010. The molecule has 0 radical (unpaired) electrons. The van der Waals surface area contributed by atoms with Gasteiger partial charge in [0.1, 0.15) is 0 Å². The Balaban J connectivity index is 1.65. The van der Waals surface area contributed by atoms with Crippen molar-refractivity contribution >= 4 is 28.4 Å². The van der Waals surface area contributed by atoms with Crippen LogP contribution in [0.1, 0.15) is 23.4 Å². The van der Waals surface area contributed by atoms with Gasteiger partial charge in [-0.05, 0) is 38.0 Å². The summed E-state index contributed by atoms with van der Waals surface area (Å²) in [6.07, 6.45) is 0.814. The number of benzene rings is 1. The molecule has 8 nitrogen and oxygen atoms in total. The minimum Gasteiger partial charge on any atom is -0.383 e. The molecule has 0 unspecified atom stereocenters. The largest absolute Gasteiger partial charge is 0.383 e. The number of amides is 2. The van der Waals surface area contributed by atoms with Gasteiger partial charge in [-0.3, -0.25) is 9.59 Å². The van der Waals surface area contributed by atoms with E-state index in [1.807, 2.05) is 42.6 Å². The molecule has 0 aliphatic heterocycles. The van der Waals surface area contributed by atoms with Crippen LogP contribution in [0.15, 0.2) is 24.3 Å². The zero-order valence-electron chi connectivity index (χ0n) is 16.4. The van der Waals surface area contributed by atoms with Crippen LogP contribution in [0.25, 0.3) is 16.6 Å². The first-order chi connectivity index (χ1) is 13.5. The van der Waals surface area contributed by atoms with E-state index in [1.54, 1.807) is 7.11 Å².